The van der Waals surface area contributed by atoms with Crippen molar-refractivity contribution in [1.29, 1.82) is 0 Å². The molecule has 1 N–H and O–H groups in total. The SMILES string of the molecule is C=CC(C)(C)C(=O)[C@@H](C)[C@H](O)c1ccccc1. The lowest BCUT2D eigenvalue weighted by molar-refractivity contribution is -0.132. The minimum Gasteiger partial charge on any atom is -0.388 e. The van der Waals surface area contributed by atoms with Crippen LogP contribution in [0.15, 0.2) is 43.0 Å². The number of hydrogen-bond acceptors (Lipinski definition) is 2. The van der Waals surface area contributed by atoms with Gasteiger partial charge in [0.2, 0.25) is 0 Å². The van der Waals surface area contributed by atoms with Crippen molar-refractivity contribution in [2.45, 2.75) is 26.9 Å². The number of aliphatic hydroxyl groups excluding tert-OH is 1. The molecule has 1 aromatic carbocycles. The summed E-state index contributed by atoms with van der Waals surface area (Å²) in [5.41, 5.74) is 0.169. The molecule has 0 spiro atoms. The van der Waals surface area contributed by atoms with Gasteiger partial charge < -0.3 is 5.11 Å². The highest BCUT2D eigenvalue weighted by atomic mass is 16.3. The highest BCUT2D eigenvalue weighted by molar-refractivity contribution is 5.88. The zero-order valence-corrected chi connectivity index (χ0v) is 10.7. The summed E-state index contributed by atoms with van der Waals surface area (Å²) in [6.45, 7) is 9.05. The highest BCUT2D eigenvalue weighted by Gasteiger charge is 2.32. The highest BCUT2D eigenvalue weighted by Crippen LogP contribution is 2.30. The summed E-state index contributed by atoms with van der Waals surface area (Å²) in [5, 5.41) is 10.2. The number of benzene rings is 1. The van der Waals surface area contributed by atoms with Gasteiger partial charge in [-0.2, -0.15) is 0 Å². The van der Waals surface area contributed by atoms with E-state index in [9.17, 15) is 9.90 Å². The molecular formula is C15H20O2. The zero-order chi connectivity index (χ0) is 13.1. The minimum atomic E-state index is -0.761. The molecule has 17 heavy (non-hydrogen) atoms. The molecule has 0 unspecified atom stereocenters. The fourth-order valence-corrected chi connectivity index (χ4v) is 1.77. The van der Waals surface area contributed by atoms with Crippen molar-refractivity contribution in [1.82, 2.24) is 0 Å². The van der Waals surface area contributed by atoms with Crippen molar-refractivity contribution in [3.63, 3.8) is 0 Å². The van der Waals surface area contributed by atoms with Crippen LogP contribution in [0.4, 0.5) is 0 Å². The molecule has 92 valence electrons. The number of allylic oxidation sites excluding steroid dienone is 1. The maximum absolute atomic E-state index is 12.2. The molecule has 2 nitrogen and oxygen atoms in total. The first-order valence-electron chi connectivity index (χ1n) is 5.81. The van der Waals surface area contributed by atoms with Gasteiger partial charge >= 0.3 is 0 Å². The summed E-state index contributed by atoms with van der Waals surface area (Å²) < 4.78 is 0. The predicted molar refractivity (Wildman–Crippen MR) is 69.6 cm³/mol. The fourth-order valence-electron chi connectivity index (χ4n) is 1.77. The van der Waals surface area contributed by atoms with Crippen molar-refractivity contribution >= 4 is 5.78 Å². The summed E-state index contributed by atoms with van der Waals surface area (Å²) in [7, 11) is 0. The topological polar surface area (TPSA) is 37.3 Å². The first kappa shape index (κ1) is 13.7. The third kappa shape index (κ3) is 3.04. The maximum Gasteiger partial charge on any atom is 0.147 e. The van der Waals surface area contributed by atoms with Gasteiger partial charge in [0.05, 0.1) is 6.10 Å². The Morgan fingerprint density at radius 3 is 2.35 bits per heavy atom. The quantitative estimate of drug-likeness (QED) is 0.792. The van der Waals surface area contributed by atoms with Crippen LogP contribution < -0.4 is 0 Å². The Labute approximate surface area is 103 Å². The fraction of sp³-hybridized carbons (Fsp3) is 0.400. The van der Waals surface area contributed by atoms with Crippen LogP contribution in [0.3, 0.4) is 0 Å². The molecule has 1 aromatic rings. The van der Waals surface area contributed by atoms with Gasteiger partial charge in [0.1, 0.15) is 5.78 Å². The van der Waals surface area contributed by atoms with Crippen molar-refractivity contribution in [3.8, 4) is 0 Å². The number of Topliss-reactive ketones (excluding diaryl/α,β-unsaturated/α-hetero) is 1. The van der Waals surface area contributed by atoms with Gasteiger partial charge in [0, 0.05) is 11.3 Å². The van der Waals surface area contributed by atoms with E-state index >= 15 is 0 Å². The second kappa shape index (κ2) is 5.28. The van der Waals surface area contributed by atoms with Crippen molar-refractivity contribution in [3.05, 3.63) is 48.6 Å². The van der Waals surface area contributed by atoms with E-state index in [-0.39, 0.29) is 5.78 Å². The first-order valence-corrected chi connectivity index (χ1v) is 5.81. The maximum atomic E-state index is 12.2. The van der Waals surface area contributed by atoms with E-state index in [0.29, 0.717) is 0 Å². The molecule has 0 amide bonds. The molecule has 0 aliphatic rings. The van der Waals surface area contributed by atoms with Crippen LogP contribution in [0.1, 0.15) is 32.4 Å². The predicted octanol–water partition coefficient (Wildman–Crippen LogP) is 3.14. The molecule has 0 bridgehead atoms. The largest absolute Gasteiger partial charge is 0.388 e. The standard InChI is InChI=1S/C15H20O2/c1-5-15(3,4)14(17)11(2)13(16)12-9-7-6-8-10-12/h5-11,13,16H,1H2,2-4H3/t11-,13-/m0/s1. The number of hydrogen-bond donors (Lipinski definition) is 1. The number of carbonyl (C=O) groups is 1. The van der Waals surface area contributed by atoms with E-state index in [1.54, 1.807) is 13.0 Å². The Kier molecular flexibility index (Phi) is 4.24. The summed E-state index contributed by atoms with van der Waals surface area (Å²) in [5.74, 6) is -0.436. The van der Waals surface area contributed by atoms with Gasteiger partial charge in [-0.15, -0.1) is 6.58 Å². The van der Waals surface area contributed by atoms with Gasteiger partial charge in [-0.25, -0.2) is 0 Å². The summed E-state index contributed by atoms with van der Waals surface area (Å²) in [6, 6.07) is 9.25. The lowest BCUT2D eigenvalue weighted by atomic mass is 9.79. The zero-order valence-electron chi connectivity index (χ0n) is 10.7. The third-order valence-corrected chi connectivity index (χ3v) is 3.17. The van der Waals surface area contributed by atoms with Crippen LogP contribution in [0.2, 0.25) is 0 Å². The van der Waals surface area contributed by atoms with Crippen molar-refractivity contribution in [2.24, 2.45) is 11.3 Å². The summed E-state index contributed by atoms with van der Waals surface area (Å²) in [4.78, 5) is 12.2. The van der Waals surface area contributed by atoms with E-state index in [1.807, 2.05) is 44.2 Å². The van der Waals surface area contributed by atoms with Gasteiger partial charge in [0.15, 0.2) is 0 Å². The number of carbonyl (C=O) groups excluding carboxylic acids is 1. The lowest BCUT2D eigenvalue weighted by Gasteiger charge is -2.26. The normalized spacial score (nSPS) is 15.1. The molecule has 0 fully saturated rings. The Balaban J connectivity index is 2.88. The molecule has 0 saturated heterocycles. The molecule has 0 heterocycles. The minimum absolute atomic E-state index is 0.00357. The van der Waals surface area contributed by atoms with Crippen LogP contribution in [0, 0.1) is 11.3 Å². The van der Waals surface area contributed by atoms with E-state index < -0.39 is 17.4 Å². The average Bonchev–Trinajstić information content (AvgIpc) is 2.37. The van der Waals surface area contributed by atoms with Crippen LogP contribution >= 0.6 is 0 Å². The molecule has 0 saturated carbocycles. The molecule has 0 radical (unpaired) electrons. The molecular weight excluding hydrogens is 212 g/mol. The Morgan fingerprint density at radius 1 is 1.35 bits per heavy atom. The summed E-state index contributed by atoms with van der Waals surface area (Å²) >= 11 is 0. The number of rotatable bonds is 5. The van der Waals surface area contributed by atoms with E-state index in [1.165, 1.54) is 0 Å². The monoisotopic (exact) mass is 232 g/mol. The first-order chi connectivity index (χ1) is 7.90. The van der Waals surface area contributed by atoms with Crippen molar-refractivity contribution < 1.29 is 9.90 Å². The molecule has 2 heteroatoms. The Morgan fingerprint density at radius 2 is 1.88 bits per heavy atom. The average molecular weight is 232 g/mol. The van der Waals surface area contributed by atoms with Crippen LogP contribution in [-0.2, 0) is 4.79 Å². The third-order valence-electron chi connectivity index (χ3n) is 3.17. The Hall–Kier alpha value is -1.41. The second-order valence-electron chi connectivity index (χ2n) is 4.93. The van der Waals surface area contributed by atoms with Gasteiger partial charge in [-0.05, 0) is 19.4 Å². The summed E-state index contributed by atoms with van der Waals surface area (Å²) in [6.07, 6.45) is 0.867. The van der Waals surface area contributed by atoms with E-state index in [0.717, 1.165) is 5.56 Å². The molecule has 2 atom stereocenters. The number of ketones is 1. The van der Waals surface area contributed by atoms with Crippen LogP contribution in [0.25, 0.3) is 0 Å². The molecule has 0 aliphatic carbocycles. The molecule has 0 aliphatic heterocycles. The van der Waals surface area contributed by atoms with Crippen molar-refractivity contribution in [2.75, 3.05) is 0 Å². The van der Waals surface area contributed by atoms with E-state index in [2.05, 4.69) is 6.58 Å². The van der Waals surface area contributed by atoms with Gasteiger partial charge in [0.25, 0.3) is 0 Å². The Bertz CT molecular complexity index is 393. The van der Waals surface area contributed by atoms with Gasteiger partial charge in [-0.1, -0.05) is 43.3 Å². The number of aliphatic hydroxyl groups is 1. The molecule has 1 rings (SSSR count). The smallest absolute Gasteiger partial charge is 0.147 e. The van der Waals surface area contributed by atoms with Crippen LogP contribution in [0.5, 0.6) is 0 Å². The van der Waals surface area contributed by atoms with Gasteiger partial charge in [-0.3, -0.25) is 4.79 Å². The molecule has 0 aromatic heterocycles. The lowest BCUT2D eigenvalue weighted by Crippen LogP contribution is -2.31. The second-order valence-corrected chi connectivity index (χ2v) is 4.93. The van der Waals surface area contributed by atoms with E-state index in [4.69, 9.17) is 0 Å². The van der Waals surface area contributed by atoms with Crippen LogP contribution in [-0.4, -0.2) is 10.9 Å².